The third-order valence-electron chi connectivity index (χ3n) is 5.75. The van der Waals surface area contributed by atoms with Crippen molar-refractivity contribution >= 4 is 5.91 Å². The first-order valence-electron chi connectivity index (χ1n) is 9.04. The molecule has 5 heteroatoms. The molecule has 2 aliphatic rings. The number of piperidine rings is 1. The van der Waals surface area contributed by atoms with Crippen molar-refractivity contribution in [2.45, 2.75) is 51.5 Å². The molecule has 5 nitrogen and oxygen atoms in total. The number of carbonyl (C=O) groups excluding carboxylic acids is 1. The van der Waals surface area contributed by atoms with Crippen molar-refractivity contribution in [1.29, 1.82) is 0 Å². The second kappa shape index (κ2) is 7.04. The maximum absolute atomic E-state index is 12.6. The van der Waals surface area contributed by atoms with Gasteiger partial charge in [0.25, 0.3) is 5.91 Å². The van der Waals surface area contributed by atoms with Crippen LogP contribution < -0.4 is 0 Å². The lowest BCUT2D eigenvalue weighted by molar-refractivity contribution is 0.0623. The number of aryl methyl sites for hydroxylation is 2. The Hall–Kier alpha value is -1.36. The zero-order valence-corrected chi connectivity index (χ0v) is 14.8. The van der Waals surface area contributed by atoms with Gasteiger partial charge in [0.15, 0.2) is 5.69 Å². The van der Waals surface area contributed by atoms with E-state index in [0.29, 0.717) is 11.7 Å². The number of nitrogens with zero attached hydrogens (tertiary/aromatic N) is 4. The van der Waals surface area contributed by atoms with E-state index >= 15 is 0 Å². The summed E-state index contributed by atoms with van der Waals surface area (Å²) in [6.45, 7) is 5.50. The predicted molar refractivity (Wildman–Crippen MR) is 91.5 cm³/mol. The van der Waals surface area contributed by atoms with Gasteiger partial charge < -0.3 is 9.80 Å². The molecule has 128 valence electrons. The standard InChI is InChI=1S/C18H30N4O/c1-14-12-17(19-21(14)3)18(23)20(2)16-8-10-22(11-9-16)13-15-6-4-5-7-15/h12,15-16H,4-11,13H2,1-3H3. The molecule has 0 unspecified atom stereocenters. The molecule has 0 atom stereocenters. The summed E-state index contributed by atoms with van der Waals surface area (Å²) in [6, 6.07) is 2.23. The summed E-state index contributed by atoms with van der Waals surface area (Å²) >= 11 is 0. The number of aromatic nitrogens is 2. The molecule has 1 aromatic rings. The first-order chi connectivity index (χ1) is 11.0. The molecule has 1 saturated carbocycles. The van der Waals surface area contributed by atoms with Crippen LogP contribution in [-0.2, 0) is 7.05 Å². The van der Waals surface area contributed by atoms with Crippen LogP contribution in [0.4, 0.5) is 0 Å². The Morgan fingerprint density at radius 1 is 1.26 bits per heavy atom. The Morgan fingerprint density at radius 2 is 1.91 bits per heavy atom. The summed E-state index contributed by atoms with van der Waals surface area (Å²) in [6.07, 6.45) is 7.83. The summed E-state index contributed by atoms with van der Waals surface area (Å²) in [4.78, 5) is 17.1. The Labute approximate surface area is 139 Å². The van der Waals surface area contributed by atoms with Gasteiger partial charge in [-0.05, 0) is 44.6 Å². The Bertz CT molecular complexity index is 520. The molecule has 2 fully saturated rings. The van der Waals surface area contributed by atoms with E-state index in [1.165, 1.54) is 32.2 Å². The van der Waals surface area contributed by atoms with Gasteiger partial charge in [-0.2, -0.15) is 5.10 Å². The summed E-state index contributed by atoms with van der Waals surface area (Å²) in [7, 11) is 3.82. The highest BCUT2D eigenvalue weighted by molar-refractivity contribution is 5.92. The van der Waals surface area contributed by atoms with E-state index in [1.54, 1.807) is 4.68 Å². The van der Waals surface area contributed by atoms with E-state index < -0.39 is 0 Å². The maximum Gasteiger partial charge on any atom is 0.274 e. The fourth-order valence-electron chi connectivity index (χ4n) is 4.06. The zero-order valence-electron chi connectivity index (χ0n) is 14.8. The normalized spacial score (nSPS) is 21.0. The minimum Gasteiger partial charge on any atom is -0.337 e. The number of likely N-dealkylation sites (tertiary alicyclic amines) is 1. The second-order valence-corrected chi connectivity index (χ2v) is 7.39. The second-order valence-electron chi connectivity index (χ2n) is 7.39. The van der Waals surface area contributed by atoms with E-state index in [1.807, 2.05) is 32.0 Å². The molecule has 3 rings (SSSR count). The van der Waals surface area contributed by atoms with Gasteiger partial charge in [-0.25, -0.2) is 0 Å². The lowest BCUT2D eigenvalue weighted by atomic mass is 10.0. The van der Waals surface area contributed by atoms with Crippen molar-refractivity contribution < 1.29 is 4.79 Å². The van der Waals surface area contributed by atoms with E-state index in [-0.39, 0.29) is 5.91 Å². The third-order valence-corrected chi connectivity index (χ3v) is 5.75. The van der Waals surface area contributed by atoms with Gasteiger partial charge in [0.2, 0.25) is 0 Å². The van der Waals surface area contributed by atoms with Crippen LogP contribution in [0.5, 0.6) is 0 Å². The van der Waals surface area contributed by atoms with Crippen molar-refractivity contribution in [3.8, 4) is 0 Å². The molecule has 0 aromatic carbocycles. The van der Waals surface area contributed by atoms with Crippen LogP contribution in [-0.4, -0.2) is 58.2 Å². The first kappa shape index (κ1) is 16.5. The van der Waals surface area contributed by atoms with Crippen LogP contribution in [0.15, 0.2) is 6.07 Å². The van der Waals surface area contributed by atoms with Crippen molar-refractivity contribution in [3.05, 3.63) is 17.5 Å². The summed E-state index contributed by atoms with van der Waals surface area (Å²) in [5.74, 6) is 0.977. The van der Waals surface area contributed by atoms with Gasteiger partial charge in [0, 0.05) is 45.5 Å². The lowest BCUT2D eigenvalue weighted by Gasteiger charge is -2.37. The minimum atomic E-state index is 0.0583. The SMILES string of the molecule is Cc1cc(C(=O)N(C)C2CCN(CC3CCCC3)CC2)nn1C. The lowest BCUT2D eigenvalue weighted by Crippen LogP contribution is -2.46. The zero-order chi connectivity index (χ0) is 16.4. The largest absolute Gasteiger partial charge is 0.337 e. The minimum absolute atomic E-state index is 0.0583. The first-order valence-corrected chi connectivity index (χ1v) is 9.04. The highest BCUT2D eigenvalue weighted by atomic mass is 16.2. The molecular formula is C18H30N4O. The molecule has 1 aromatic heterocycles. The number of rotatable bonds is 4. The van der Waals surface area contributed by atoms with Gasteiger partial charge in [0.05, 0.1) is 0 Å². The topological polar surface area (TPSA) is 41.4 Å². The van der Waals surface area contributed by atoms with Crippen molar-refractivity contribution in [1.82, 2.24) is 19.6 Å². The smallest absolute Gasteiger partial charge is 0.274 e. The van der Waals surface area contributed by atoms with Crippen LogP contribution in [0.2, 0.25) is 0 Å². The fraction of sp³-hybridized carbons (Fsp3) is 0.778. The Balaban J connectivity index is 1.51. The quantitative estimate of drug-likeness (QED) is 0.856. The summed E-state index contributed by atoms with van der Waals surface area (Å²) in [5, 5.41) is 4.32. The number of carbonyl (C=O) groups is 1. The molecule has 1 saturated heterocycles. The van der Waals surface area contributed by atoms with E-state index in [2.05, 4.69) is 10.00 Å². The van der Waals surface area contributed by atoms with Crippen molar-refractivity contribution in [2.24, 2.45) is 13.0 Å². The van der Waals surface area contributed by atoms with Crippen molar-refractivity contribution in [3.63, 3.8) is 0 Å². The van der Waals surface area contributed by atoms with Gasteiger partial charge in [-0.1, -0.05) is 12.8 Å². The van der Waals surface area contributed by atoms with Crippen LogP contribution in [0, 0.1) is 12.8 Å². The Kier molecular flexibility index (Phi) is 5.05. The van der Waals surface area contributed by atoms with E-state index in [0.717, 1.165) is 37.5 Å². The molecule has 1 aliphatic heterocycles. The molecule has 0 spiro atoms. The molecule has 0 N–H and O–H groups in total. The molecule has 2 heterocycles. The van der Waals surface area contributed by atoms with E-state index in [9.17, 15) is 4.79 Å². The number of amides is 1. The van der Waals surface area contributed by atoms with Gasteiger partial charge in [-0.3, -0.25) is 9.48 Å². The van der Waals surface area contributed by atoms with E-state index in [4.69, 9.17) is 0 Å². The van der Waals surface area contributed by atoms with Crippen LogP contribution in [0.3, 0.4) is 0 Å². The maximum atomic E-state index is 12.6. The third kappa shape index (κ3) is 3.77. The molecular weight excluding hydrogens is 288 g/mol. The predicted octanol–water partition coefficient (Wildman–Crippen LogP) is 2.46. The highest BCUT2D eigenvalue weighted by Gasteiger charge is 2.28. The van der Waals surface area contributed by atoms with Gasteiger partial charge in [0.1, 0.15) is 0 Å². The molecule has 1 amide bonds. The molecule has 0 bridgehead atoms. The summed E-state index contributed by atoms with van der Waals surface area (Å²) < 4.78 is 1.77. The van der Waals surface area contributed by atoms with Crippen LogP contribution >= 0.6 is 0 Å². The summed E-state index contributed by atoms with van der Waals surface area (Å²) in [5.41, 5.74) is 1.59. The average molecular weight is 318 g/mol. The fourth-order valence-corrected chi connectivity index (χ4v) is 4.06. The van der Waals surface area contributed by atoms with Crippen LogP contribution in [0.1, 0.15) is 54.7 Å². The average Bonchev–Trinajstić information content (AvgIpc) is 3.17. The van der Waals surface area contributed by atoms with Crippen molar-refractivity contribution in [2.75, 3.05) is 26.7 Å². The molecule has 23 heavy (non-hydrogen) atoms. The molecule has 0 radical (unpaired) electrons. The Morgan fingerprint density at radius 3 is 2.48 bits per heavy atom. The number of hydrogen-bond acceptors (Lipinski definition) is 3. The van der Waals surface area contributed by atoms with Gasteiger partial charge in [-0.15, -0.1) is 0 Å². The van der Waals surface area contributed by atoms with Gasteiger partial charge >= 0.3 is 0 Å². The highest BCUT2D eigenvalue weighted by Crippen LogP contribution is 2.27. The number of hydrogen-bond donors (Lipinski definition) is 0. The monoisotopic (exact) mass is 318 g/mol. The molecule has 1 aliphatic carbocycles. The van der Waals surface area contributed by atoms with Crippen LogP contribution in [0.25, 0.3) is 0 Å².